The lowest BCUT2D eigenvalue weighted by atomic mass is 9.95. The van der Waals surface area contributed by atoms with Gasteiger partial charge in [0, 0.05) is 6.42 Å². The van der Waals surface area contributed by atoms with Crippen molar-refractivity contribution in [1.29, 1.82) is 0 Å². The van der Waals surface area contributed by atoms with Gasteiger partial charge in [-0.25, -0.2) is 5.11 Å². The summed E-state index contributed by atoms with van der Waals surface area (Å²) in [7, 11) is 0. The molecular formula is C16H13O. The van der Waals surface area contributed by atoms with Crippen molar-refractivity contribution in [1.82, 2.24) is 0 Å². The molecule has 3 aromatic carbocycles. The smallest absolute Gasteiger partial charge is 0.0863 e. The summed E-state index contributed by atoms with van der Waals surface area (Å²) in [6.07, 6.45) is 0.599. The molecule has 0 N–H and O–H groups in total. The zero-order valence-corrected chi connectivity index (χ0v) is 9.52. The van der Waals surface area contributed by atoms with Gasteiger partial charge in [0.1, 0.15) is 0 Å². The maximum Gasteiger partial charge on any atom is 0.0863 e. The van der Waals surface area contributed by atoms with Crippen LogP contribution in [0.4, 0.5) is 0 Å². The summed E-state index contributed by atoms with van der Waals surface area (Å²) in [6, 6.07) is 18.8. The van der Waals surface area contributed by atoms with Gasteiger partial charge in [-0.2, -0.15) is 0 Å². The standard InChI is InChI=1S/C16H13O/c17-10-9-16-14-7-3-1-5-12(14)11-13-6-2-4-8-15(13)16/h1-8,11H,9-10H2. The van der Waals surface area contributed by atoms with Crippen molar-refractivity contribution in [3.8, 4) is 0 Å². The lowest BCUT2D eigenvalue weighted by Gasteiger charge is -2.09. The van der Waals surface area contributed by atoms with E-state index in [9.17, 15) is 5.11 Å². The van der Waals surface area contributed by atoms with E-state index in [4.69, 9.17) is 0 Å². The predicted molar refractivity (Wildman–Crippen MR) is 70.7 cm³/mol. The molecule has 3 aromatic rings. The highest BCUT2D eigenvalue weighted by Crippen LogP contribution is 2.28. The van der Waals surface area contributed by atoms with E-state index in [0.717, 1.165) is 0 Å². The molecule has 0 aliphatic rings. The molecule has 0 aromatic heterocycles. The Labute approximate surface area is 100 Å². The minimum Gasteiger partial charge on any atom is -0.236 e. The molecule has 0 aliphatic heterocycles. The first-order valence-corrected chi connectivity index (χ1v) is 5.87. The second kappa shape index (κ2) is 4.19. The van der Waals surface area contributed by atoms with Crippen LogP contribution in [0.5, 0.6) is 0 Å². The van der Waals surface area contributed by atoms with E-state index in [-0.39, 0.29) is 6.61 Å². The summed E-state index contributed by atoms with van der Waals surface area (Å²) in [4.78, 5) is 0. The topological polar surface area (TPSA) is 19.9 Å². The Bertz CT molecular complexity index is 616. The van der Waals surface area contributed by atoms with Crippen LogP contribution in [-0.4, -0.2) is 6.61 Å². The van der Waals surface area contributed by atoms with E-state index >= 15 is 0 Å². The summed E-state index contributed by atoms with van der Waals surface area (Å²) in [5.41, 5.74) is 1.19. The fourth-order valence-corrected chi connectivity index (χ4v) is 2.48. The van der Waals surface area contributed by atoms with Crippen LogP contribution in [0, 0.1) is 0 Å². The predicted octanol–water partition coefficient (Wildman–Crippen LogP) is 3.97. The van der Waals surface area contributed by atoms with Gasteiger partial charge in [-0.3, -0.25) is 0 Å². The minimum atomic E-state index is -0.0575. The van der Waals surface area contributed by atoms with Gasteiger partial charge in [-0.1, -0.05) is 48.5 Å². The zero-order valence-electron chi connectivity index (χ0n) is 9.52. The van der Waals surface area contributed by atoms with Gasteiger partial charge in [0.2, 0.25) is 0 Å². The number of fused-ring (bicyclic) bond motifs is 2. The van der Waals surface area contributed by atoms with Gasteiger partial charge >= 0.3 is 0 Å². The molecule has 1 nitrogen and oxygen atoms in total. The van der Waals surface area contributed by atoms with Crippen LogP contribution in [-0.2, 0) is 11.5 Å². The Morgan fingerprint density at radius 3 is 1.82 bits per heavy atom. The molecule has 3 rings (SSSR count). The molecule has 0 fully saturated rings. The zero-order chi connectivity index (χ0) is 11.7. The van der Waals surface area contributed by atoms with Crippen molar-refractivity contribution in [3.05, 3.63) is 60.2 Å². The first kappa shape index (κ1) is 10.3. The van der Waals surface area contributed by atoms with E-state index in [1.807, 2.05) is 24.3 Å². The number of rotatable bonds is 2. The molecular weight excluding hydrogens is 208 g/mol. The molecule has 0 heterocycles. The first-order valence-electron chi connectivity index (χ1n) is 5.87. The maximum absolute atomic E-state index is 11.0. The van der Waals surface area contributed by atoms with Gasteiger partial charge in [0.15, 0.2) is 0 Å². The summed E-state index contributed by atoms with van der Waals surface area (Å²) < 4.78 is 0. The van der Waals surface area contributed by atoms with Gasteiger partial charge in [-0.05, 0) is 33.2 Å². The van der Waals surface area contributed by atoms with Crippen LogP contribution < -0.4 is 0 Å². The van der Waals surface area contributed by atoms with Crippen molar-refractivity contribution >= 4 is 21.5 Å². The fourth-order valence-electron chi connectivity index (χ4n) is 2.48. The molecule has 0 aliphatic carbocycles. The molecule has 17 heavy (non-hydrogen) atoms. The van der Waals surface area contributed by atoms with Crippen LogP contribution in [0.15, 0.2) is 54.6 Å². The highest BCUT2D eigenvalue weighted by molar-refractivity contribution is 6.02. The quantitative estimate of drug-likeness (QED) is 0.584. The second-order valence-electron chi connectivity index (χ2n) is 4.25. The molecule has 83 valence electrons. The lowest BCUT2D eigenvalue weighted by Crippen LogP contribution is -1.93. The monoisotopic (exact) mass is 221 g/mol. The molecule has 0 atom stereocenters. The van der Waals surface area contributed by atoms with E-state index in [2.05, 4.69) is 30.3 Å². The molecule has 0 saturated carbocycles. The van der Waals surface area contributed by atoms with Crippen molar-refractivity contribution in [2.45, 2.75) is 6.42 Å². The summed E-state index contributed by atoms with van der Waals surface area (Å²) in [6.45, 7) is -0.0575. The molecule has 0 spiro atoms. The van der Waals surface area contributed by atoms with Crippen LogP contribution in [0.1, 0.15) is 5.56 Å². The van der Waals surface area contributed by atoms with Gasteiger partial charge in [-0.15, -0.1) is 0 Å². The van der Waals surface area contributed by atoms with E-state index in [1.54, 1.807) is 0 Å². The van der Waals surface area contributed by atoms with Gasteiger partial charge in [0.25, 0.3) is 0 Å². The van der Waals surface area contributed by atoms with E-state index in [0.29, 0.717) is 6.42 Å². The molecule has 0 bridgehead atoms. The molecule has 1 heteroatoms. The Morgan fingerprint density at radius 1 is 0.765 bits per heavy atom. The van der Waals surface area contributed by atoms with E-state index in [1.165, 1.54) is 27.1 Å². The van der Waals surface area contributed by atoms with Crippen molar-refractivity contribution in [2.75, 3.05) is 6.61 Å². The Balaban J connectivity index is 2.47. The van der Waals surface area contributed by atoms with Crippen molar-refractivity contribution in [2.24, 2.45) is 0 Å². The van der Waals surface area contributed by atoms with Crippen LogP contribution in [0.2, 0.25) is 0 Å². The largest absolute Gasteiger partial charge is 0.236 e. The highest BCUT2D eigenvalue weighted by Gasteiger charge is 2.06. The minimum absolute atomic E-state index is 0.0575. The summed E-state index contributed by atoms with van der Waals surface area (Å²) in [5.74, 6) is 0. The van der Waals surface area contributed by atoms with Crippen LogP contribution >= 0.6 is 0 Å². The molecule has 0 saturated heterocycles. The van der Waals surface area contributed by atoms with Gasteiger partial charge in [0.05, 0.1) is 6.61 Å². The Hall–Kier alpha value is -1.86. The highest BCUT2D eigenvalue weighted by atomic mass is 16.2. The number of hydrogen-bond acceptors (Lipinski definition) is 0. The third-order valence-electron chi connectivity index (χ3n) is 3.23. The Morgan fingerprint density at radius 2 is 1.29 bits per heavy atom. The summed E-state index contributed by atoms with van der Waals surface area (Å²) >= 11 is 0. The maximum atomic E-state index is 11.0. The van der Waals surface area contributed by atoms with Gasteiger partial charge < -0.3 is 0 Å². The third kappa shape index (κ3) is 1.69. The SMILES string of the molecule is [O]CCc1c2ccccc2cc2ccccc12. The number of benzene rings is 3. The molecule has 0 amide bonds. The Kier molecular flexibility index (Phi) is 2.54. The summed E-state index contributed by atoms with van der Waals surface area (Å²) in [5, 5.41) is 15.8. The average molecular weight is 221 g/mol. The van der Waals surface area contributed by atoms with Crippen LogP contribution in [0.25, 0.3) is 21.5 Å². The van der Waals surface area contributed by atoms with E-state index < -0.39 is 0 Å². The number of hydrogen-bond donors (Lipinski definition) is 0. The lowest BCUT2D eigenvalue weighted by molar-refractivity contribution is 0.198. The molecule has 1 radical (unpaired) electrons. The second-order valence-corrected chi connectivity index (χ2v) is 4.25. The molecule has 0 unspecified atom stereocenters. The van der Waals surface area contributed by atoms with Crippen molar-refractivity contribution in [3.63, 3.8) is 0 Å². The third-order valence-corrected chi connectivity index (χ3v) is 3.23. The van der Waals surface area contributed by atoms with Crippen molar-refractivity contribution < 1.29 is 5.11 Å². The first-order chi connectivity index (χ1) is 8.40. The average Bonchev–Trinajstić information content (AvgIpc) is 2.39. The fraction of sp³-hybridized carbons (Fsp3) is 0.125. The van der Waals surface area contributed by atoms with Crippen LogP contribution in [0.3, 0.4) is 0 Å². The normalized spacial score (nSPS) is 11.1.